The Labute approximate surface area is 202 Å². The van der Waals surface area contributed by atoms with Gasteiger partial charge < -0.3 is 14.8 Å². The van der Waals surface area contributed by atoms with E-state index >= 15 is 0 Å². The fourth-order valence-electron chi connectivity index (χ4n) is 3.76. The quantitative estimate of drug-likeness (QED) is 0.503. The number of para-hydroxylation sites is 1. The molecular weight excluding hydrogens is 470 g/mol. The molecule has 0 radical (unpaired) electrons. The summed E-state index contributed by atoms with van der Waals surface area (Å²) >= 11 is 0. The number of anilines is 2. The Kier molecular flexibility index (Phi) is 6.71. The van der Waals surface area contributed by atoms with Gasteiger partial charge in [0.15, 0.2) is 6.61 Å². The summed E-state index contributed by atoms with van der Waals surface area (Å²) in [6.45, 7) is -0.324. The third-order valence-corrected chi connectivity index (χ3v) is 7.24. The van der Waals surface area contributed by atoms with Gasteiger partial charge in [-0.15, -0.1) is 0 Å². The molecule has 0 saturated carbocycles. The molecular formula is C25H21N3O6S. The van der Waals surface area contributed by atoms with Crippen molar-refractivity contribution in [2.75, 3.05) is 29.9 Å². The van der Waals surface area contributed by atoms with Gasteiger partial charge in [-0.05, 0) is 54.4 Å². The predicted octanol–water partition coefficient (Wildman–Crippen LogP) is 3.11. The summed E-state index contributed by atoms with van der Waals surface area (Å²) in [4.78, 5) is 24.9. The van der Waals surface area contributed by atoms with Gasteiger partial charge in [0.1, 0.15) is 11.3 Å². The topological polar surface area (TPSA) is 126 Å². The largest absolute Gasteiger partial charge is 0.496 e. The van der Waals surface area contributed by atoms with Gasteiger partial charge >= 0.3 is 5.97 Å². The maximum Gasteiger partial charge on any atom is 0.342 e. The van der Waals surface area contributed by atoms with Gasteiger partial charge in [-0.1, -0.05) is 24.3 Å². The molecule has 0 aliphatic carbocycles. The fraction of sp³-hybridized carbons (Fsp3) is 0.160. The minimum absolute atomic E-state index is 0.0975. The van der Waals surface area contributed by atoms with E-state index in [-0.39, 0.29) is 16.2 Å². The number of nitriles is 1. The van der Waals surface area contributed by atoms with E-state index in [2.05, 4.69) is 5.32 Å². The van der Waals surface area contributed by atoms with E-state index in [0.29, 0.717) is 29.9 Å². The first-order valence-electron chi connectivity index (χ1n) is 10.6. The third-order valence-electron chi connectivity index (χ3n) is 5.43. The van der Waals surface area contributed by atoms with Crippen LogP contribution in [0, 0.1) is 11.3 Å². The Balaban J connectivity index is 1.51. The average molecular weight is 492 g/mol. The van der Waals surface area contributed by atoms with Crippen LogP contribution in [0.2, 0.25) is 0 Å². The predicted molar refractivity (Wildman–Crippen MR) is 128 cm³/mol. The average Bonchev–Trinajstić information content (AvgIpc) is 3.32. The first-order chi connectivity index (χ1) is 16.8. The molecule has 0 bridgehead atoms. The summed E-state index contributed by atoms with van der Waals surface area (Å²) < 4.78 is 38.3. The second kappa shape index (κ2) is 9.87. The molecule has 0 saturated heterocycles. The highest BCUT2D eigenvalue weighted by molar-refractivity contribution is 7.92. The van der Waals surface area contributed by atoms with Crippen molar-refractivity contribution in [3.8, 4) is 11.8 Å². The van der Waals surface area contributed by atoms with Crippen LogP contribution in [0.15, 0.2) is 71.6 Å². The lowest BCUT2D eigenvalue weighted by atomic mass is 10.2. The number of sulfonamides is 1. The number of methoxy groups -OCH3 is 1. The van der Waals surface area contributed by atoms with Crippen molar-refractivity contribution in [2.45, 2.75) is 11.3 Å². The second-order valence-corrected chi connectivity index (χ2v) is 9.50. The lowest BCUT2D eigenvalue weighted by Crippen LogP contribution is -2.29. The molecule has 1 aliphatic rings. The van der Waals surface area contributed by atoms with Crippen molar-refractivity contribution < 1.29 is 27.5 Å². The normalized spacial score (nSPS) is 12.4. The smallest absolute Gasteiger partial charge is 0.342 e. The number of rotatable bonds is 7. The number of hydrogen-bond acceptors (Lipinski definition) is 7. The monoisotopic (exact) mass is 491 g/mol. The van der Waals surface area contributed by atoms with Gasteiger partial charge in [0.05, 0.1) is 29.3 Å². The number of amides is 1. The number of esters is 1. The van der Waals surface area contributed by atoms with Crippen LogP contribution in [-0.4, -0.2) is 40.6 Å². The second-order valence-electron chi connectivity index (χ2n) is 7.63. The van der Waals surface area contributed by atoms with Gasteiger partial charge in [0.25, 0.3) is 15.9 Å². The van der Waals surface area contributed by atoms with Crippen LogP contribution in [0.1, 0.15) is 21.5 Å². The third kappa shape index (κ3) is 4.95. The van der Waals surface area contributed by atoms with Gasteiger partial charge in [-0.3, -0.25) is 9.10 Å². The number of fused-ring (bicyclic) bond motifs is 1. The molecule has 1 heterocycles. The molecule has 3 aromatic carbocycles. The van der Waals surface area contributed by atoms with Crippen LogP contribution in [0.25, 0.3) is 0 Å². The number of hydrogen-bond donors (Lipinski definition) is 1. The molecule has 4 rings (SSSR count). The number of ether oxygens (including phenoxy) is 2. The van der Waals surface area contributed by atoms with E-state index in [1.807, 2.05) is 18.2 Å². The number of nitrogens with one attached hydrogen (secondary N) is 1. The summed E-state index contributed by atoms with van der Waals surface area (Å²) in [7, 11) is -2.61. The Morgan fingerprint density at radius 2 is 1.89 bits per heavy atom. The Morgan fingerprint density at radius 3 is 2.66 bits per heavy atom. The Morgan fingerprint density at radius 1 is 1.09 bits per heavy atom. The molecule has 0 fully saturated rings. The minimum atomic E-state index is -3.95. The van der Waals surface area contributed by atoms with Crippen molar-refractivity contribution >= 4 is 33.3 Å². The van der Waals surface area contributed by atoms with Crippen molar-refractivity contribution in [1.29, 1.82) is 5.26 Å². The highest BCUT2D eigenvalue weighted by atomic mass is 32.2. The van der Waals surface area contributed by atoms with Crippen LogP contribution < -0.4 is 14.4 Å². The van der Waals surface area contributed by atoms with Crippen molar-refractivity contribution in [3.63, 3.8) is 0 Å². The zero-order chi connectivity index (χ0) is 25.0. The first kappa shape index (κ1) is 23.8. The molecule has 0 aromatic heterocycles. The zero-order valence-electron chi connectivity index (χ0n) is 18.7. The molecule has 1 aliphatic heterocycles. The van der Waals surface area contributed by atoms with Crippen molar-refractivity contribution in [2.24, 2.45) is 0 Å². The molecule has 3 aromatic rings. The minimum Gasteiger partial charge on any atom is -0.496 e. The molecule has 35 heavy (non-hydrogen) atoms. The van der Waals surface area contributed by atoms with Gasteiger partial charge in [-0.2, -0.15) is 5.26 Å². The number of benzene rings is 3. The van der Waals surface area contributed by atoms with E-state index < -0.39 is 28.5 Å². The Hall–Kier alpha value is -4.36. The highest BCUT2D eigenvalue weighted by Gasteiger charge is 2.32. The van der Waals surface area contributed by atoms with Gasteiger partial charge in [-0.25, -0.2) is 13.2 Å². The first-order valence-corrected chi connectivity index (χ1v) is 12.0. The maximum absolute atomic E-state index is 13.3. The zero-order valence-corrected chi connectivity index (χ0v) is 19.5. The molecule has 178 valence electrons. The number of carbonyl (C=O) groups is 2. The maximum atomic E-state index is 13.3. The molecule has 9 nitrogen and oxygen atoms in total. The summed E-state index contributed by atoms with van der Waals surface area (Å²) in [5, 5.41) is 11.5. The van der Waals surface area contributed by atoms with Crippen LogP contribution in [0.4, 0.5) is 11.4 Å². The molecule has 1 N–H and O–H groups in total. The van der Waals surface area contributed by atoms with E-state index in [4.69, 9.17) is 14.7 Å². The van der Waals surface area contributed by atoms with E-state index in [0.717, 1.165) is 5.56 Å². The SMILES string of the molecule is COc1ccc(S(=O)(=O)N2CCc3ccccc32)cc1C(=O)OCC(=O)Nc1cccc(C#N)c1. The van der Waals surface area contributed by atoms with Crippen molar-refractivity contribution in [1.82, 2.24) is 0 Å². The summed E-state index contributed by atoms with van der Waals surface area (Å²) in [6.07, 6.45) is 0.590. The molecule has 1 amide bonds. The van der Waals surface area contributed by atoms with Gasteiger partial charge in [0.2, 0.25) is 0 Å². The van der Waals surface area contributed by atoms with E-state index in [1.165, 1.54) is 35.7 Å². The summed E-state index contributed by atoms with van der Waals surface area (Å²) in [5.41, 5.74) is 2.14. The Bertz CT molecular complexity index is 1450. The van der Waals surface area contributed by atoms with Crippen LogP contribution in [-0.2, 0) is 26.0 Å². The van der Waals surface area contributed by atoms with Crippen molar-refractivity contribution in [3.05, 3.63) is 83.4 Å². The molecule has 10 heteroatoms. The molecule has 0 atom stereocenters. The highest BCUT2D eigenvalue weighted by Crippen LogP contribution is 2.34. The fourth-order valence-corrected chi connectivity index (χ4v) is 5.29. The van der Waals surface area contributed by atoms with E-state index in [9.17, 15) is 18.0 Å². The lowest BCUT2D eigenvalue weighted by Gasteiger charge is -2.20. The number of carbonyl (C=O) groups excluding carboxylic acids is 2. The van der Waals surface area contributed by atoms with Crippen LogP contribution in [0.5, 0.6) is 5.75 Å². The standard InChI is InChI=1S/C25H21N3O6S/c1-33-23-10-9-20(35(31,32)28-12-11-18-6-2-3-8-22(18)28)14-21(23)25(30)34-16-24(29)27-19-7-4-5-17(13-19)15-26/h2-10,13-14H,11-12,16H2,1H3,(H,27,29). The molecule has 0 unspecified atom stereocenters. The van der Waals surface area contributed by atoms with Crippen LogP contribution >= 0.6 is 0 Å². The lowest BCUT2D eigenvalue weighted by molar-refractivity contribution is -0.119. The van der Waals surface area contributed by atoms with Crippen LogP contribution in [0.3, 0.4) is 0 Å². The van der Waals surface area contributed by atoms with E-state index in [1.54, 1.807) is 30.3 Å². The molecule has 0 spiro atoms. The van der Waals surface area contributed by atoms with Gasteiger partial charge in [0, 0.05) is 12.2 Å². The summed E-state index contributed by atoms with van der Waals surface area (Å²) in [6, 6.07) is 19.4. The summed E-state index contributed by atoms with van der Waals surface area (Å²) in [5.74, 6) is -1.43. The number of nitrogens with zero attached hydrogens (tertiary/aromatic N) is 2.